The van der Waals surface area contributed by atoms with E-state index in [1.807, 2.05) is 0 Å². The highest BCUT2D eigenvalue weighted by atomic mass is 32.2. The van der Waals surface area contributed by atoms with Gasteiger partial charge in [-0.3, -0.25) is 0 Å². The van der Waals surface area contributed by atoms with Crippen LogP contribution in [0, 0.1) is 0 Å². The van der Waals surface area contributed by atoms with E-state index in [0.29, 0.717) is 24.7 Å². The van der Waals surface area contributed by atoms with Gasteiger partial charge in [-0.2, -0.15) is 0 Å². The molecule has 0 unspecified atom stereocenters. The minimum Gasteiger partial charge on any atom is -0.486 e. The maximum Gasteiger partial charge on any atom is 0.240 e. The molecule has 0 saturated carbocycles. The Balaban J connectivity index is 2.27. The molecule has 0 fully saturated rings. The molecule has 1 aliphatic rings. The first-order valence-corrected chi connectivity index (χ1v) is 6.62. The van der Waals surface area contributed by atoms with Gasteiger partial charge in [0.25, 0.3) is 0 Å². The highest BCUT2D eigenvalue weighted by Crippen LogP contribution is 2.31. The predicted octanol–water partition coefficient (Wildman–Crippen LogP) is -0.272. The van der Waals surface area contributed by atoms with Crippen LogP contribution in [0.25, 0.3) is 0 Å². The van der Waals surface area contributed by atoms with Gasteiger partial charge < -0.3 is 14.6 Å². The number of benzene rings is 1. The Hall–Kier alpha value is -1.31. The second kappa shape index (κ2) is 4.91. The normalized spacial score (nSPS) is 14.6. The maximum atomic E-state index is 11.8. The number of nitrogens with one attached hydrogen (secondary N) is 1. The summed E-state index contributed by atoms with van der Waals surface area (Å²) in [6.07, 6.45) is 0. The van der Waals surface area contributed by atoms with Gasteiger partial charge in [-0.1, -0.05) is 0 Å². The molecular weight excluding hydrogens is 246 g/mol. The topological polar surface area (TPSA) is 84.9 Å². The van der Waals surface area contributed by atoms with Gasteiger partial charge in [-0.15, -0.1) is 0 Å². The van der Waals surface area contributed by atoms with Crippen molar-refractivity contribution in [3.8, 4) is 11.5 Å². The Bertz CT molecular complexity index is 499. The van der Waals surface area contributed by atoms with Crippen molar-refractivity contribution in [2.75, 3.05) is 26.4 Å². The van der Waals surface area contributed by atoms with Crippen LogP contribution >= 0.6 is 0 Å². The number of hydrogen-bond acceptors (Lipinski definition) is 5. The summed E-state index contributed by atoms with van der Waals surface area (Å²) >= 11 is 0. The zero-order valence-corrected chi connectivity index (χ0v) is 9.87. The summed E-state index contributed by atoms with van der Waals surface area (Å²) in [5.41, 5.74) is 0. The minimum atomic E-state index is -3.60. The van der Waals surface area contributed by atoms with E-state index >= 15 is 0 Å². The summed E-state index contributed by atoms with van der Waals surface area (Å²) in [6, 6.07) is 4.41. The highest BCUT2D eigenvalue weighted by Gasteiger charge is 2.18. The van der Waals surface area contributed by atoms with Crippen molar-refractivity contribution < 1.29 is 23.0 Å². The van der Waals surface area contributed by atoms with E-state index in [-0.39, 0.29) is 18.0 Å². The van der Waals surface area contributed by atoms with Crippen molar-refractivity contribution in [3.05, 3.63) is 18.2 Å². The Morgan fingerprint density at radius 2 is 1.94 bits per heavy atom. The second-order valence-electron chi connectivity index (χ2n) is 3.43. The van der Waals surface area contributed by atoms with Gasteiger partial charge in [-0.25, -0.2) is 13.1 Å². The van der Waals surface area contributed by atoms with Crippen LogP contribution in [0.1, 0.15) is 0 Å². The summed E-state index contributed by atoms with van der Waals surface area (Å²) in [5, 5.41) is 8.60. The van der Waals surface area contributed by atoms with Crippen molar-refractivity contribution in [2.45, 2.75) is 4.90 Å². The molecule has 0 radical (unpaired) electrons. The summed E-state index contributed by atoms with van der Waals surface area (Å²) in [6.45, 7) is 0.600. The molecular formula is C10H13NO5S. The Morgan fingerprint density at radius 3 is 2.65 bits per heavy atom. The van der Waals surface area contributed by atoms with Crippen LogP contribution in [0.2, 0.25) is 0 Å². The van der Waals surface area contributed by atoms with Crippen LogP contribution in [0.5, 0.6) is 11.5 Å². The molecule has 1 aromatic carbocycles. The van der Waals surface area contributed by atoms with Crippen molar-refractivity contribution in [3.63, 3.8) is 0 Å². The molecule has 0 aromatic heterocycles. The molecule has 6 nitrogen and oxygen atoms in total. The number of rotatable bonds is 4. The lowest BCUT2D eigenvalue weighted by atomic mass is 10.3. The third-order valence-corrected chi connectivity index (χ3v) is 3.69. The fourth-order valence-corrected chi connectivity index (χ4v) is 2.49. The molecule has 2 rings (SSSR count). The zero-order valence-electron chi connectivity index (χ0n) is 9.05. The van der Waals surface area contributed by atoms with Crippen LogP contribution in [0.4, 0.5) is 0 Å². The predicted molar refractivity (Wildman–Crippen MR) is 59.7 cm³/mol. The Labute approximate surface area is 99.2 Å². The SMILES string of the molecule is O=S(=O)(NCCO)c1ccc2c(c1)OCCO2. The maximum absolute atomic E-state index is 11.8. The monoisotopic (exact) mass is 259 g/mol. The van der Waals surface area contributed by atoms with Gasteiger partial charge in [0.1, 0.15) is 13.2 Å². The largest absolute Gasteiger partial charge is 0.486 e. The molecule has 17 heavy (non-hydrogen) atoms. The van der Waals surface area contributed by atoms with Crippen LogP contribution in [0.3, 0.4) is 0 Å². The van der Waals surface area contributed by atoms with Gasteiger partial charge in [-0.05, 0) is 12.1 Å². The quantitative estimate of drug-likeness (QED) is 0.777. The summed E-state index contributed by atoms with van der Waals surface area (Å²) in [4.78, 5) is 0.0928. The van der Waals surface area contributed by atoms with Crippen LogP contribution in [0.15, 0.2) is 23.1 Å². The number of aliphatic hydroxyl groups is 1. The number of hydrogen-bond donors (Lipinski definition) is 2. The Kier molecular flexibility index (Phi) is 3.51. The lowest BCUT2D eigenvalue weighted by Gasteiger charge is -2.18. The van der Waals surface area contributed by atoms with Crippen LogP contribution in [-0.2, 0) is 10.0 Å². The minimum absolute atomic E-state index is 0.0171. The van der Waals surface area contributed by atoms with Crippen molar-refractivity contribution in [1.82, 2.24) is 4.72 Å². The third kappa shape index (κ3) is 2.68. The van der Waals surface area contributed by atoms with Crippen LogP contribution < -0.4 is 14.2 Å². The van der Waals surface area contributed by atoms with E-state index in [2.05, 4.69) is 4.72 Å². The van der Waals surface area contributed by atoms with Crippen molar-refractivity contribution in [2.24, 2.45) is 0 Å². The third-order valence-electron chi connectivity index (χ3n) is 2.23. The number of fused-ring (bicyclic) bond motifs is 1. The number of aliphatic hydroxyl groups excluding tert-OH is 1. The van der Waals surface area contributed by atoms with E-state index in [0.717, 1.165) is 0 Å². The van der Waals surface area contributed by atoms with E-state index in [9.17, 15) is 8.42 Å². The fourth-order valence-electron chi connectivity index (χ4n) is 1.45. The van der Waals surface area contributed by atoms with Crippen molar-refractivity contribution in [1.29, 1.82) is 0 Å². The highest BCUT2D eigenvalue weighted by molar-refractivity contribution is 7.89. The van der Waals surface area contributed by atoms with Gasteiger partial charge in [0.15, 0.2) is 11.5 Å². The van der Waals surface area contributed by atoms with Crippen molar-refractivity contribution >= 4 is 10.0 Å². The van der Waals surface area contributed by atoms with Gasteiger partial charge in [0, 0.05) is 12.6 Å². The molecule has 0 aliphatic carbocycles. The van der Waals surface area contributed by atoms with E-state index in [1.165, 1.54) is 12.1 Å². The first-order valence-electron chi connectivity index (χ1n) is 5.13. The molecule has 1 aliphatic heterocycles. The summed E-state index contributed by atoms with van der Waals surface area (Å²) < 4.78 is 36.4. The molecule has 0 amide bonds. The molecule has 94 valence electrons. The average molecular weight is 259 g/mol. The van der Waals surface area contributed by atoms with E-state index in [1.54, 1.807) is 6.07 Å². The summed E-state index contributed by atoms with van der Waals surface area (Å²) in [7, 11) is -3.60. The zero-order chi connectivity index (χ0) is 12.3. The smallest absolute Gasteiger partial charge is 0.240 e. The van der Waals surface area contributed by atoms with Gasteiger partial charge in [0.2, 0.25) is 10.0 Å². The van der Waals surface area contributed by atoms with E-state index in [4.69, 9.17) is 14.6 Å². The summed E-state index contributed by atoms with van der Waals surface area (Å²) in [5.74, 6) is 0.959. The molecule has 2 N–H and O–H groups in total. The number of sulfonamides is 1. The first-order chi connectivity index (χ1) is 8.13. The van der Waals surface area contributed by atoms with E-state index < -0.39 is 10.0 Å². The lowest BCUT2D eigenvalue weighted by molar-refractivity contribution is 0.171. The fraction of sp³-hybridized carbons (Fsp3) is 0.400. The standard InChI is InChI=1S/C10H13NO5S/c12-4-3-11-17(13,14)8-1-2-9-10(7-8)16-6-5-15-9/h1-2,7,11-12H,3-6H2. The first kappa shape index (κ1) is 12.2. The second-order valence-corrected chi connectivity index (χ2v) is 5.19. The molecule has 0 saturated heterocycles. The molecule has 1 aromatic rings. The Morgan fingerprint density at radius 1 is 1.24 bits per heavy atom. The molecule has 7 heteroatoms. The molecule has 0 bridgehead atoms. The van der Waals surface area contributed by atoms with Gasteiger partial charge in [0.05, 0.1) is 11.5 Å². The molecule has 1 heterocycles. The average Bonchev–Trinajstić information content (AvgIpc) is 2.36. The lowest BCUT2D eigenvalue weighted by Crippen LogP contribution is -2.26. The molecule has 0 atom stereocenters. The van der Waals surface area contributed by atoms with Crippen LogP contribution in [-0.4, -0.2) is 39.9 Å². The molecule has 0 spiro atoms. The van der Waals surface area contributed by atoms with Gasteiger partial charge >= 0.3 is 0 Å². The number of ether oxygens (including phenoxy) is 2.